The summed E-state index contributed by atoms with van der Waals surface area (Å²) >= 11 is 0. The Balaban J connectivity index is 1.67. The lowest BCUT2D eigenvalue weighted by Crippen LogP contribution is -2.44. The van der Waals surface area contributed by atoms with Crippen molar-refractivity contribution in [1.29, 1.82) is 0 Å². The van der Waals surface area contributed by atoms with Crippen LogP contribution in [0.5, 0.6) is 5.75 Å². The number of benzene rings is 3. The van der Waals surface area contributed by atoms with Gasteiger partial charge in [-0.1, -0.05) is 6.07 Å². The number of phenols is 1. The number of carbonyl (C=O) groups is 3. The van der Waals surface area contributed by atoms with Crippen molar-refractivity contribution in [3.8, 4) is 28.2 Å². The third-order valence-electron chi connectivity index (χ3n) is 6.08. The number of aromatic hydroxyl groups is 1. The van der Waals surface area contributed by atoms with Crippen LogP contribution < -0.4 is 5.43 Å². The first-order chi connectivity index (χ1) is 17.0. The lowest BCUT2D eigenvalue weighted by Gasteiger charge is -2.27. The highest BCUT2D eigenvalue weighted by Gasteiger charge is 2.43. The van der Waals surface area contributed by atoms with Crippen LogP contribution in [0.3, 0.4) is 0 Å². The maximum absolute atomic E-state index is 12.8. The predicted octanol–water partition coefficient (Wildman–Crippen LogP) is 3.37. The zero-order chi connectivity index (χ0) is 25.8. The SMILES string of the molecule is CC1(O)CCC(=O)N1OC(=O)c1ccc(-c2c3ccc(=O)cc-3oc3cc(O)ccc23)c(C(=O)O)c1. The van der Waals surface area contributed by atoms with Gasteiger partial charge in [0.2, 0.25) is 0 Å². The molecule has 0 aromatic heterocycles. The summed E-state index contributed by atoms with van der Waals surface area (Å²) in [5.74, 6) is -2.83. The Morgan fingerprint density at radius 1 is 1.03 bits per heavy atom. The number of aromatic carboxylic acids is 1. The molecule has 2 aliphatic heterocycles. The smallest absolute Gasteiger partial charge is 0.363 e. The molecule has 1 amide bonds. The van der Waals surface area contributed by atoms with E-state index >= 15 is 0 Å². The van der Waals surface area contributed by atoms with E-state index in [2.05, 4.69) is 0 Å². The fraction of sp³-hybridized carbons (Fsp3) is 0.154. The number of rotatable bonds is 4. The van der Waals surface area contributed by atoms with Gasteiger partial charge in [0.1, 0.15) is 17.1 Å². The molecule has 1 aliphatic carbocycles. The molecule has 36 heavy (non-hydrogen) atoms. The van der Waals surface area contributed by atoms with Crippen LogP contribution in [0.4, 0.5) is 0 Å². The van der Waals surface area contributed by atoms with Crippen LogP contribution in [0, 0.1) is 0 Å². The van der Waals surface area contributed by atoms with Gasteiger partial charge >= 0.3 is 11.9 Å². The van der Waals surface area contributed by atoms with E-state index in [0.29, 0.717) is 21.6 Å². The molecule has 10 nitrogen and oxygen atoms in total. The minimum absolute atomic E-state index is 0.000564. The number of carbonyl (C=O) groups excluding carboxylic acids is 2. The van der Waals surface area contributed by atoms with Crippen LogP contribution in [0.25, 0.3) is 33.4 Å². The van der Waals surface area contributed by atoms with Crippen LogP contribution in [0.2, 0.25) is 0 Å². The summed E-state index contributed by atoms with van der Waals surface area (Å²) in [5.41, 5.74) is -1.08. The van der Waals surface area contributed by atoms with Gasteiger partial charge in [-0.3, -0.25) is 9.59 Å². The van der Waals surface area contributed by atoms with Crippen molar-refractivity contribution in [2.75, 3.05) is 0 Å². The zero-order valence-electron chi connectivity index (χ0n) is 18.8. The molecule has 2 heterocycles. The summed E-state index contributed by atoms with van der Waals surface area (Å²) in [6.45, 7) is 1.33. The molecule has 10 heteroatoms. The monoisotopic (exact) mass is 489 g/mol. The maximum Gasteiger partial charge on any atom is 0.363 e. The van der Waals surface area contributed by atoms with Gasteiger partial charge in [-0.05, 0) is 48.9 Å². The van der Waals surface area contributed by atoms with Crippen LogP contribution >= 0.6 is 0 Å². The Morgan fingerprint density at radius 3 is 2.47 bits per heavy atom. The number of aliphatic hydroxyl groups is 1. The summed E-state index contributed by atoms with van der Waals surface area (Å²) in [6, 6.07) is 12.3. The fourth-order valence-electron chi connectivity index (χ4n) is 4.32. The predicted molar refractivity (Wildman–Crippen MR) is 125 cm³/mol. The molecule has 0 bridgehead atoms. The highest BCUT2D eigenvalue weighted by molar-refractivity contribution is 6.08. The van der Waals surface area contributed by atoms with Crippen molar-refractivity contribution >= 4 is 28.8 Å². The third kappa shape index (κ3) is 3.83. The van der Waals surface area contributed by atoms with E-state index in [9.17, 15) is 34.5 Å². The Kier molecular flexibility index (Phi) is 5.26. The second-order valence-corrected chi connectivity index (χ2v) is 8.66. The summed E-state index contributed by atoms with van der Waals surface area (Å²) in [4.78, 5) is 54.1. The van der Waals surface area contributed by atoms with Crippen molar-refractivity contribution < 1.29 is 39.0 Å². The largest absolute Gasteiger partial charge is 0.508 e. The summed E-state index contributed by atoms with van der Waals surface area (Å²) in [7, 11) is 0. The molecule has 2 aromatic carbocycles. The van der Waals surface area contributed by atoms with Crippen molar-refractivity contribution in [3.05, 3.63) is 75.9 Å². The molecule has 0 saturated carbocycles. The fourth-order valence-corrected chi connectivity index (χ4v) is 4.32. The second-order valence-electron chi connectivity index (χ2n) is 8.66. The molecule has 182 valence electrons. The van der Waals surface area contributed by atoms with Crippen LogP contribution in [0.15, 0.2) is 63.8 Å². The number of carboxylic acid groups (broad SMARTS) is 1. The Morgan fingerprint density at radius 2 is 1.78 bits per heavy atom. The molecular formula is C26H19NO9. The molecule has 0 radical (unpaired) electrons. The van der Waals surface area contributed by atoms with Gasteiger partial charge < -0.3 is 24.6 Å². The van der Waals surface area contributed by atoms with Crippen LogP contribution in [0.1, 0.15) is 40.5 Å². The highest BCUT2D eigenvalue weighted by atomic mass is 16.7. The van der Waals surface area contributed by atoms with Crippen LogP contribution in [-0.4, -0.2) is 44.0 Å². The molecule has 1 saturated heterocycles. The third-order valence-corrected chi connectivity index (χ3v) is 6.08. The van der Waals surface area contributed by atoms with Crippen molar-refractivity contribution in [3.63, 3.8) is 0 Å². The number of fused-ring (bicyclic) bond motifs is 2. The molecule has 2 aromatic rings. The number of carboxylic acids is 1. The van der Waals surface area contributed by atoms with Gasteiger partial charge in [-0.25, -0.2) is 9.59 Å². The number of hydrogen-bond donors (Lipinski definition) is 3. The molecule has 0 spiro atoms. The highest BCUT2D eigenvalue weighted by Crippen LogP contribution is 2.42. The van der Waals surface area contributed by atoms with E-state index < -0.39 is 23.6 Å². The van der Waals surface area contributed by atoms with E-state index in [0.717, 1.165) is 6.07 Å². The Labute approximate surface area is 202 Å². The van der Waals surface area contributed by atoms with Gasteiger partial charge in [0.25, 0.3) is 5.91 Å². The average molecular weight is 489 g/mol. The number of amides is 1. The molecule has 1 unspecified atom stereocenters. The van der Waals surface area contributed by atoms with Gasteiger partial charge in [0.05, 0.1) is 11.1 Å². The van der Waals surface area contributed by atoms with E-state index in [1.807, 2.05) is 0 Å². The minimum atomic E-state index is -1.67. The molecule has 3 N–H and O–H groups in total. The first kappa shape index (κ1) is 23.1. The summed E-state index contributed by atoms with van der Waals surface area (Å²) < 4.78 is 5.79. The molecule has 1 fully saturated rings. The van der Waals surface area contributed by atoms with Gasteiger partial charge in [-0.2, -0.15) is 0 Å². The molecule has 5 rings (SSSR count). The Bertz CT molecular complexity index is 1600. The van der Waals surface area contributed by atoms with E-state index in [4.69, 9.17) is 9.25 Å². The van der Waals surface area contributed by atoms with Gasteiger partial charge in [0.15, 0.2) is 11.2 Å². The molecular weight excluding hydrogens is 470 g/mol. The van der Waals surface area contributed by atoms with Crippen LogP contribution in [-0.2, 0) is 9.63 Å². The number of hydrogen-bond acceptors (Lipinski definition) is 8. The summed E-state index contributed by atoms with van der Waals surface area (Å²) in [6.07, 6.45) is 0.0810. The maximum atomic E-state index is 12.8. The molecule has 3 aliphatic rings. The Hall–Kier alpha value is -4.70. The number of hydroxylamine groups is 2. The van der Waals surface area contributed by atoms with Crippen molar-refractivity contribution in [2.24, 2.45) is 0 Å². The lowest BCUT2D eigenvalue weighted by atomic mass is 9.90. The lowest BCUT2D eigenvalue weighted by molar-refractivity contribution is -0.227. The van der Waals surface area contributed by atoms with E-state index in [1.165, 1.54) is 49.4 Å². The minimum Gasteiger partial charge on any atom is -0.508 e. The molecule has 1 atom stereocenters. The van der Waals surface area contributed by atoms with E-state index in [1.54, 1.807) is 6.07 Å². The normalized spacial score (nSPS) is 17.6. The quantitative estimate of drug-likeness (QED) is 0.366. The van der Waals surface area contributed by atoms with Gasteiger partial charge in [0, 0.05) is 41.5 Å². The number of phenolic OH excluding ortho intramolecular Hbond substituents is 1. The topological polar surface area (TPSA) is 155 Å². The first-order valence-electron chi connectivity index (χ1n) is 10.9. The van der Waals surface area contributed by atoms with Gasteiger partial charge in [-0.15, -0.1) is 5.06 Å². The standard InChI is InChI=1S/C26H19NO9/c1-26(34)9-8-22(30)27(26)36-25(33)13-2-5-16(19(10-13)24(31)32)23-17-6-3-14(28)11-20(17)35-21-12-15(29)4-7-18(21)23/h2-7,10-12,28,34H,8-9H2,1H3,(H,31,32). The summed E-state index contributed by atoms with van der Waals surface area (Å²) in [5, 5.41) is 31.3. The average Bonchev–Trinajstić information content (AvgIpc) is 3.08. The van der Waals surface area contributed by atoms with Crippen molar-refractivity contribution in [1.82, 2.24) is 5.06 Å². The zero-order valence-corrected chi connectivity index (χ0v) is 18.8. The van der Waals surface area contributed by atoms with E-state index in [-0.39, 0.29) is 52.1 Å². The number of nitrogens with zero attached hydrogens (tertiary/aromatic N) is 1. The second kappa shape index (κ2) is 8.21. The first-order valence-corrected chi connectivity index (χ1v) is 10.9. The van der Waals surface area contributed by atoms with Crippen molar-refractivity contribution in [2.45, 2.75) is 25.5 Å².